The standard InChI is InChI=1S/C14H23ClN4O/c1-3-4-8-19-14(20)13(15)12(9-17-19)18(2)10-11-6-5-7-16-11/h9,11,16H,3-8,10H2,1-2H3. The Morgan fingerprint density at radius 1 is 1.60 bits per heavy atom. The van der Waals surface area contributed by atoms with Gasteiger partial charge in [0.25, 0.3) is 5.56 Å². The number of hydrogen-bond acceptors (Lipinski definition) is 4. The first kappa shape index (κ1) is 15.3. The van der Waals surface area contributed by atoms with Gasteiger partial charge in [0.2, 0.25) is 0 Å². The van der Waals surface area contributed by atoms with Gasteiger partial charge in [-0.3, -0.25) is 4.79 Å². The fourth-order valence-electron chi connectivity index (χ4n) is 2.53. The van der Waals surface area contributed by atoms with E-state index in [4.69, 9.17) is 11.6 Å². The van der Waals surface area contributed by atoms with Crippen LogP contribution in [0, 0.1) is 0 Å². The summed E-state index contributed by atoms with van der Waals surface area (Å²) in [5, 5.41) is 7.95. The van der Waals surface area contributed by atoms with Crippen molar-refractivity contribution in [2.45, 2.75) is 45.2 Å². The van der Waals surface area contributed by atoms with Crippen molar-refractivity contribution in [2.75, 3.05) is 25.0 Å². The number of likely N-dealkylation sites (N-methyl/N-ethyl adjacent to an activating group) is 1. The van der Waals surface area contributed by atoms with Crippen LogP contribution >= 0.6 is 11.6 Å². The molecular formula is C14H23ClN4O. The Bertz CT molecular complexity index is 496. The average molecular weight is 299 g/mol. The molecule has 0 radical (unpaired) electrons. The molecule has 0 saturated carbocycles. The van der Waals surface area contributed by atoms with Crippen LogP contribution in [0.4, 0.5) is 5.69 Å². The van der Waals surface area contributed by atoms with Gasteiger partial charge < -0.3 is 10.2 Å². The van der Waals surface area contributed by atoms with E-state index in [-0.39, 0.29) is 10.6 Å². The summed E-state index contributed by atoms with van der Waals surface area (Å²) in [6.45, 7) is 4.63. The van der Waals surface area contributed by atoms with Crippen molar-refractivity contribution in [3.63, 3.8) is 0 Å². The van der Waals surface area contributed by atoms with E-state index in [0.29, 0.717) is 12.6 Å². The van der Waals surface area contributed by atoms with Crippen LogP contribution in [-0.4, -0.2) is 36.0 Å². The van der Waals surface area contributed by atoms with Crippen molar-refractivity contribution in [1.82, 2.24) is 15.1 Å². The van der Waals surface area contributed by atoms with Crippen LogP contribution in [0.1, 0.15) is 32.6 Å². The summed E-state index contributed by atoms with van der Waals surface area (Å²) in [4.78, 5) is 14.2. The van der Waals surface area contributed by atoms with Gasteiger partial charge in [-0.25, -0.2) is 4.68 Å². The fraction of sp³-hybridized carbons (Fsp3) is 0.714. The SMILES string of the molecule is CCCCn1ncc(N(C)CC2CCCN2)c(Cl)c1=O. The molecule has 6 heteroatoms. The number of aryl methyl sites for hydroxylation is 1. The topological polar surface area (TPSA) is 50.2 Å². The molecule has 1 N–H and O–H groups in total. The third kappa shape index (κ3) is 3.52. The van der Waals surface area contributed by atoms with E-state index >= 15 is 0 Å². The molecule has 0 aliphatic carbocycles. The first-order valence-electron chi connectivity index (χ1n) is 7.33. The highest BCUT2D eigenvalue weighted by atomic mass is 35.5. The Balaban J connectivity index is 2.11. The van der Waals surface area contributed by atoms with Crippen LogP contribution in [0.25, 0.3) is 0 Å². The predicted octanol–water partition coefficient (Wildman–Crippen LogP) is 1.88. The smallest absolute Gasteiger partial charge is 0.287 e. The highest BCUT2D eigenvalue weighted by molar-refractivity contribution is 6.33. The molecule has 112 valence electrons. The lowest BCUT2D eigenvalue weighted by atomic mass is 10.2. The van der Waals surface area contributed by atoms with E-state index in [1.165, 1.54) is 17.5 Å². The molecule has 1 aliphatic heterocycles. The maximum Gasteiger partial charge on any atom is 0.287 e. The van der Waals surface area contributed by atoms with Gasteiger partial charge >= 0.3 is 0 Å². The molecule has 0 amide bonds. The van der Waals surface area contributed by atoms with E-state index in [1.807, 2.05) is 11.9 Å². The minimum absolute atomic E-state index is 0.191. The van der Waals surface area contributed by atoms with Crippen molar-refractivity contribution >= 4 is 17.3 Å². The van der Waals surface area contributed by atoms with Crippen molar-refractivity contribution in [3.8, 4) is 0 Å². The monoisotopic (exact) mass is 298 g/mol. The number of hydrogen-bond donors (Lipinski definition) is 1. The highest BCUT2D eigenvalue weighted by Gasteiger charge is 2.19. The second-order valence-electron chi connectivity index (χ2n) is 5.40. The quantitative estimate of drug-likeness (QED) is 0.871. The number of rotatable bonds is 6. The van der Waals surface area contributed by atoms with E-state index < -0.39 is 0 Å². The van der Waals surface area contributed by atoms with E-state index in [2.05, 4.69) is 17.3 Å². The summed E-state index contributed by atoms with van der Waals surface area (Å²) < 4.78 is 1.46. The van der Waals surface area contributed by atoms with Crippen molar-refractivity contribution < 1.29 is 0 Å². The molecule has 1 atom stereocenters. The Morgan fingerprint density at radius 2 is 2.40 bits per heavy atom. The molecule has 0 spiro atoms. The number of unbranched alkanes of at least 4 members (excludes halogenated alkanes) is 1. The lowest BCUT2D eigenvalue weighted by molar-refractivity contribution is 0.541. The van der Waals surface area contributed by atoms with Gasteiger partial charge in [-0.1, -0.05) is 24.9 Å². The normalized spacial score (nSPS) is 18.4. The zero-order valence-corrected chi connectivity index (χ0v) is 13.0. The molecule has 0 aromatic carbocycles. The summed E-state index contributed by atoms with van der Waals surface area (Å²) in [5.41, 5.74) is 0.530. The van der Waals surface area contributed by atoms with Gasteiger partial charge in [0, 0.05) is 26.2 Å². The lowest BCUT2D eigenvalue weighted by Gasteiger charge is -2.23. The molecule has 1 unspecified atom stereocenters. The van der Waals surface area contributed by atoms with Crippen LogP contribution < -0.4 is 15.8 Å². The highest BCUT2D eigenvalue weighted by Crippen LogP contribution is 2.20. The molecule has 1 fully saturated rings. The Kier molecular flexibility index (Phi) is 5.43. The van der Waals surface area contributed by atoms with Crippen molar-refractivity contribution in [1.29, 1.82) is 0 Å². The van der Waals surface area contributed by atoms with Gasteiger partial charge in [0.15, 0.2) is 0 Å². The van der Waals surface area contributed by atoms with Crippen LogP contribution in [0.3, 0.4) is 0 Å². The molecule has 2 rings (SSSR count). The number of nitrogens with one attached hydrogen (secondary N) is 1. The molecular weight excluding hydrogens is 276 g/mol. The molecule has 1 aromatic rings. The lowest BCUT2D eigenvalue weighted by Crippen LogP contribution is -2.36. The zero-order valence-electron chi connectivity index (χ0n) is 12.2. The molecule has 0 bridgehead atoms. The second kappa shape index (κ2) is 7.09. The van der Waals surface area contributed by atoms with Gasteiger partial charge in [-0.2, -0.15) is 5.10 Å². The molecule has 20 heavy (non-hydrogen) atoms. The second-order valence-corrected chi connectivity index (χ2v) is 5.78. The average Bonchev–Trinajstić information content (AvgIpc) is 2.93. The molecule has 1 aromatic heterocycles. The van der Waals surface area contributed by atoms with Crippen LogP contribution in [0.5, 0.6) is 0 Å². The first-order chi connectivity index (χ1) is 9.63. The maximum absolute atomic E-state index is 12.2. The van der Waals surface area contributed by atoms with Gasteiger partial charge in [0.1, 0.15) is 5.02 Å². The minimum Gasteiger partial charge on any atom is -0.370 e. The first-order valence-corrected chi connectivity index (χ1v) is 7.71. The molecule has 2 heterocycles. The third-order valence-electron chi connectivity index (χ3n) is 3.76. The molecule has 5 nitrogen and oxygen atoms in total. The summed E-state index contributed by atoms with van der Waals surface area (Å²) >= 11 is 6.22. The van der Waals surface area contributed by atoms with E-state index in [1.54, 1.807) is 6.20 Å². The molecule has 1 saturated heterocycles. The van der Waals surface area contributed by atoms with Crippen LogP contribution in [-0.2, 0) is 6.54 Å². The summed E-state index contributed by atoms with van der Waals surface area (Å²) in [6, 6.07) is 0.471. The number of nitrogens with zero attached hydrogens (tertiary/aromatic N) is 3. The zero-order chi connectivity index (χ0) is 14.5. The van der Waals surface area contributed by atoms with Crippen LogP contribution in [0.2, 0.25) is 5.02 Å². The van der Waals surface area contributed by atoms with Crippen LogP contribution in [0.15, 0.2) is 11.0 Å². The number of anilines is 1. The number of halogens is 1. The third-order valence-corrected chi connectivity index (χ3v) is 4.11. The van der Waals surface area contributed by atoms with Gasteiger partial charge in [-0.15, -0.1) is 0 Å². The van der Waals surface area contributed by atoms with Gasteiger partial charge in [0.05, 0.1) is 11.9 Å². The largest absolute Gasteiger partial charge is 0.370 e. The van der Waals surface area contributed by atoms with E-state index in [9.17, 15) is 4.79 Å². The van der Waals surface area contributed by atoms with Gasteiger partial charge in [-0.05, 0) is 25.8 Å². The summed E-state index contributed by atoms with van der Waals surface area (Å²) in [7, 11) is 1.96. The number of aromatic nitrogens is 2. The van der Waals surface area contributed by atoms with Crippen molar-refractivity contribution in [2.24, 2.45) is 0 Å². The maximum atomic E-state index is 12.2. The fourth-order valence-corrected chi connectivity index (χ4v) is 2.82. The van der Waals surface area contributed by atoms with Crippen molar-refractivity contribution in [3.05, 3.63) is 21.6 Å². The summed E-state index contributed by atoms with van der Waals surface area (Å²) in [5.74, 6) is 0. The Labute approximate surface area is 124 Å². The molecule has 1 aliphatic rings. The van der Waals surface area contributed by atoms with E-state index in [0.717, 1.165) is 31.6 Å². The predicted molar refractivity (Wildman–Crippen MR) is 82.7 cm³/mol. The Hall–Kier alpha value is -1.07. The Morgan fingerprint density at radius 3 is 3.05 bits per heavy atom. The minimum atomic E-state index is -0.191. The summed E-state index contributed by atoms with van der Waals surface area (Å²) in [6.07, 6.45) is 6.05.